The third-order valence-corrected chi connectivity index (χ3v) is 4.64. The number of nitrogens with two attached hydrogens (primary N) is 1. The minimum absolute atomic E-state index is 0.130. The molecule has 3 atom stereocenters. The number of aliphatic hydroxyl groups excluding tert-OH is 2. The second-order valence-corrected chi connectivity index (χ2v) is 6.41. The van der Waals surface area contributed by atoms with Crippen molar-refractivity contribution in [1.29, 1.82) is 0 Å². The first-order valence-corrected chi connectivity index (χ1v) is 8.21. The summed E-state index contributed by atoms with van der Waals surface area (Å²) in [6, 6.07) is 8.09. The van der Waals surface area contributed by atoms with Crippen LogP contribution < -0.4 is 5.73 Å². The molecule has 25 heavy (non-hydrogen) atoms. The third-order valence-electron chi connectivity index (χ3n) is 4.64. The molecule has 2 aromatic heterocycles. The molecule has 3 heterocycles. The van der Waals surface area contributed by atoms with E-state index in [0.29, 0.717) is 17.9 Å². The lowest BCUT2D eigenvalue weighted by Gasteiger charge is -2.17. The van der Waals surface area contributed by atoms with E-state index < -0.39 is 12.3 Å². The largest absolute Gasteiger partial charge is 0.394 e. The number of benzene rings is 1. The molecule has 0 saturated carbocycles. The Morgan fingerprint density at radius 2 is 2.04 bits per heavy atom. The Balaban J connectivity index is 1.89. The van der Waals surface area contributed by atoms with Gasteiger partial charge in [-0.3, -0.25) is 0 Å². The van der Waals surface area contributed by atoms with Gasteiger partial charge in [-0.25, -0.2) is 9.97 Å². The maximum absolute atomic E-state index is 10.4. The molecule has 0 amide bonds. The highest BCUT2D eigenvalue weighted by Crippen LogP contribution is 2.38. The van der Waals surface area contributed by atoms with Crippen molar-refractivity contribution in [3.05, 3.63) is 42.4 Å². The molecule has 4 rings (SSSR count). The SMILES string of the molecule is Cc1ccc(-c2cn([C@@H]3O[C@H](CO)C[C@H]3O)c3ncnc(N)c23)cc1. The van der Waals surface area contributed by atoms with Crippen molar-refractivity contribution < 1.29 is 14.9 Å². The number of nitrogens with zero attached hydrogens (tertiary/aromatic N) is 3. The fourth-order valence-corrected chi connectivity index (χ4v) is 3.35. The third kappa shape index (κ3) is 2.66. The molecule has 1 saturated heterocycles. The Labute approximate surface area is 144 Å². The first kappa shape index (κ1) is 16.0. The van der Waals surface area contributed by atoms with E-state index in [-0.39, 0.29) is 12.7 Å². The van der Waals surface area contributed by atoms with Gasteiger partial charge in [0.05, 0.1) is 18.1 Å². The molecule has 1 aliphatic heterocycles. The van der Waals surface area contributed by atoms with Crippen molar-refractivity contribution in [3.8, 4) is 11.1 Å². The lowest BCUT2D eigenvalue weighted by molar-refractivity contribution is -0.0483. The summed E-state index contributed by atoms with van der Waals surface area (Å²) in [4.78, 5) is 8.46. The number of hydrogen-bond acceptors (Lipinski definition) is 6. The van der Waals surface area contributed by atoms with Crippen molar-refractivity contribution in [3.63, 3.8) is 0 Å². The molecule has 0 radical (unpaired) electrons. The van der Waals surface area contributed by atoms with Crippen molar-refractivity contribution in [2.75, 3.05) is 12.3 Å². The topological polar surface area (TPSA) is 106 Å². The summed E-state index contributed by atoms with van der Waals surface area (Å²) in [5, 5.41) is 20.4. The lowest BCUT2D eigenvalue weighted by Crippen LogP contribution is -2.19. The number of rotatable bonds is 3. The number of aliphatic hydroxyl groups is 2. The molecule has 0 spiro atoms. The van der Waals surface area contributed by atoms with Gasteiger partial charge in [0, 0.05) is 18.2 Å². The van der Waals surface area contributed by atoms with Gasteiger partial charge in [0.15, 0.2) is 6.23 Å². The second kappa shape index (κ2) is 6.11. The Morgan fingerprint density at radius 3 is 2.72 bits per heavy atom. The smallest absolute Gasteiger partial charge is 0.161 e. The summed E-state index contributed by atoms with van der Waals surface area (Å²) in [6.07, 6.45) is 1.93. The zero-order valence-corrected chi connectivity index (χ0v) is 13.8. The molecule has 3 aromatic rings. The maximum atomic E-state index is 10.4. The van der Waals surface area contributed by atoms with Crippen LogP contribution >= 0.6 is 0 Å². The van der Waals surface area contributed by atoms with Crippen LogP contribution in [0.25, 0.3) is 22.2 Å². The average molecular weight is 340 g/mol. The van der Waals surface area contributed by atoms with Crippen LogP contribution in [-0.2, 0) is 4.74 Å². The van der Waals surface area contributed by atoms with Gasteiger partial charge in [-0.15, -0.1) is 0 Å². The molecule has 1 aromatic carbocycles. The van der Waals surface area contributed by atoms with Gasteiger partial charge in [-0.1, -0.05) is 29.8 Å². The molecule has 0 aliphatic carbocycles. The minimum atomic E-state index is -0.727. The first-order chi connectivity index (χ1) is 12.1. The van der Waals surface area contributed by atoms with E-state index in [0.717, 1.165) is 22.1 Å². The molecular formula is C18H20N4O3. The van der Waals surface area contributed by atoms with Crippen molar-refractivity contribution in [2.45, 2.75) is 31.8 Å². The van der Waals surface area contributed by atoms with Crippen LogP contribution in [0.1, 0.15) is 18.2 Å². The fourth-order valence-electron chi connectivity index (χ4n) is 3.35. The predicted octanol–water partition coefficient (Wildman–Crippen LogP) is 1.63. The second-order valence-electron chi connectivity index (χ2n) is 6.41. The number of anilines is 1. The van der Waals surface area contributed by atoms with Crippen LogP contribution in [-0.4, -0.2) is 43.6 Å². The van der Waals surface area contributed by atoms with E-state index in [1.54, 1.807) is 4.57 Å². The summed E-state index contributed by atoms with van der Waals surface area (Å²) >= 11 is 0. The summed E-state index contributed by atoms with van der Waals surface area (Å²) in [6.45, 7) is 1.90. The Hall–Kier alpha value is -2.48. The number of fused-ring (bicyclic) bond motifs is 1. The number of hydrogen-bond donors (Lipinski definition) is 3. The van der Waals surface area contributed by atoms with E-state index in [9.17, 15) is 10.2 Å². The van der Waals surface area contributed by atoms with Gasteiger partial charge in [-0.05, 0) is 12.5 Å². The molecule has 0 bridgehead atoms. The molecule has 0 unspecified atom stereocenters. The number of aryl methyl sites for hydroxylation is 1. The van der Waals surface area contributed by atoms with E-state index in [1.165, 1.54) is 6.33 Å². The predicted molar refractivity (Wildman–Crippen MR) is 93.7 cm³/mol. The summed E-state index contributed by atoms with van der Waals surface area (Å²) < 4.78 is 7.57. The highest BCUT2D eigenvalue weighted by molar-refractivity contribution is 6.00. The van der Waals surface area contributed by atoms with Gasteiger partial charge < -0.3 is 25.3 Å². The van der Waals surface area contributed by atoms with E-state index in [1.807, 2.05) is 37.4 Å². The molecule has 1 aliphatic rings. The standard InChI is InChI=1S/C18H20N4O3/c1-10-2-4-11(5-3-10)13-7-22(17-15(13)16(19)20-9-21-17)18-14(24)6-12(8-23)25-18/h2-5,7,9,12,14,18,23-24H,6,8H2,1H3,(H2,19,20,21)/t12-,14+,18+/m0/s1. The van der Waals surface area contributed by atoms with Gasteiger partial charge in [0.25, 0.3) is 0 Å². The van der Waals surface area contributed by atoms with Crippen molar-refractivity contribution in [1.82, 2.24) is 14.5 Å². The number of aromatic nitrogens is 3. The number of nitrogen functional groups attached to an aromatic ring is 1. The zero-order valence-electron chi connectivity index (χ0n) is 13.8. The Kier molecular flexibility index (Phi) is 3.91. The summed E-state index contributed by atoms with van der Waals surface area (Å²) in [7, 11) is 0. The Morgan fingerprint density at radius 1 is 1.28 bits per heavy atom. The lowest BCUT2D eigenvalue weighted by atomic mass is 10.0. The zero-order chi connectivity index (χ0) is 17.6. The van der Waals surface area contributed by atoms with Gasteiger partial charge in [0.2, 0.25) is 0 Å². The van der Waals surface area contributed by atoms with E-state index in [4.69, 9.17) is 10.5 Å². The van der Waals surface area contributed by atoms with Crippen LogP contribution in [0.3, 0.4) is 0 Å². The van der Waals surface area contributed by atoms with Crippen molar-refractivity contribution in [2.24, 2.45) is 0 Å². The molecule has 1 fully saturated rings. The highest BCUT2D eigenvalue weighted by Gasteiger charge is 2.36. The maximum Gasteiger partial charge on any atom is 0.161 e. The molecule has 7 nitrogen and oxygen atoms in total. The number of ether oxygens (including phenoxy) is 1. The molecular weight excluding hydrogens is 320 g/mol. The average Bonchev–Trinajstić information content (AvgIpc) is 3.17. The van der Waals surface area contributed by atoms with Crippen LogP contribution in [0.4, 0.5) is 5.82 Å². The normalized spacial score (nSPS) is 23.4. The molecule has 130 valence electrons. The summed E-state index contributed by atoms with van der Waals surface area (Å²) in [5.41, 5.74) is 9.76. The van der Waals surface area contributed by atoms with Crippen LogP contribution in [0.5, 0.6) is 0 Å². The fraction of sp³-hybridized carbons (Fsp3) is 0.333. The minimum Gasteiger partial charge on any atom is -0.394 e. The van der Waals surface area contributed by atoms with Gasteiger partial charge >= 0.3 is 0 Å². The van der Waals surface area contributed by atoms with Crippen LogP contribution in [0.2, 0.25) is 0 Å². The van der Waals surface area contributed by atoms with Crippen LogP contribution in [0, 0.1) is 6.92 Å². The van der Waals surface area contributed by atoms with Gasteiger partial charge in [-0.2, -0.15) is 0 Å². The van der Waals surface area contributed by atoms with E-state index in [2.05, 4.69) is 9.97 Å². The van der Waals surface area contributed by atoms with Gasteiger partial charge in [0.1, 0.15) is 23.9 Å². The van der Waals surface area contributed by atoms with E-state index >= 15 is 0 Å². The Bertz CT molecular complexity index is 907. The monoisotopic (exact) mass is 340 g/mol. The quantitative estimate of drug-likeness (QED) is 0.669. The molecule has 7 heteroatoms. The van der Waals surface area contributed by atoms with Crippen molar-refractivity contribution >= 4 is 16.9 Å². The van der Waals surface area contributed by atoms with Crippen LogP contribution in [0.15, 0.2) is 36.8 Å². The highest BCUT2D eigenvalue weighted by atomic mass is 16.5. The summed E-state index contributed by atoms with van der Waals surface area (Å²) in [5.74, 6) is 0.380. The molecule has 4 N–H and O–H groups in total. The first-order valence-electron chi connectivity index (χ1n) is 8.21.